The average Bonchev–Trinajstić information content (AvgIpc) is 2.84. The Labute approximate surface area is 224 Å². The van der Waals surface area contributed by atoms with E-state index in [9.17, 15) is 17.2 Å². The molecule has 10 heteroatoms. The molecule has 2 aromatic heterocycles. The fourth-order valence-electron chi connectivity index (χ4n) is 4.85. The van der Waals surface area contributed by atoms with E-state index in [1.807, 2.05) is 13.0 Å². The summed E-state index contributed by atoms with van der Waals surface area (Å²) in [6, 6.07) is 7.20. The highest BCUT2D eigenvalue weighted by Crippen LogP contribution is 2.28. The molecule has 0 amide bonds. The summed E-state index contributed by atoms with van der Waals surface area (Å²) in [6.45, 7) is 4.59. The molecule has 1 N–H and O–H groups in total. The number of hydrogen-bond acceptors (Lipinski definition) is 7. The van der Waals surface area contributed by atoms with Crippen LogP contribution in [0.4, 0.5) is 14.7 Å². The van der Waals surface area contributed by atoms with Crippen LogP contribution in [0.2, 0.25) is 0 Å². The minimum Gasteiger partial charge on any atom is -0.351 e. The van der Waals surface area contributed by atoms with Crippen LogP contribution in [0, 0.1) is 12.7 Å². The van der Waals surface area contributed by atoms with Crippen molar-refractivity contribution < 1.29 is 17.2 Å². The third-order valence-electron chi connectivity index (χ3n) is 7.23. The smallest absolute Gasteiger partial charge is 0.223 e. The van der Waals surface area contributed by atoms with Crippen LogP contribution in [0.5, 0.6) is 0 Å². The summed E-state index contributed by atoms with van der Waals surface area (Å²) < 4.78 is 53.4. The van der Waals surface area contributed by atoms with Gasteiger partial charge in [-0.05, 0) is 84.7 Å². The van der Waals surface area contributed by atoms with E-state index in [2.05, 4.69) is 34.3 Å². The summed E-state index contributed by atoms with van der Waals surface area (Å²) in [5, 5.41) is 3.47. The van der Waals surface area contributed by atoms with Gasteiger partial charge in [-0.15, -0.1) is 0 Å². The highest BCUT2D eigenvalue weighted by Gasteiger charge is 2.24. The van der Waals surface area contributed by atoms with Gasteiger partial charge in [-0.1, -0.05) is 12.1 Å². The Bertz CT molecular complexity index is 1400. The minimum atomic E-state index is -3.65. The van der Waals surface area contributed by atoms with E-state index in [4.69, 9.17) is 4.98 Å². The molecule has 7 nitrogen and oxygen atoms in total. The molecule has 3 aromatic rings. The molecule has 0 unspecified atom stereocenters. The molecule has 0 radical (unpaired) electrons. The number of halogens is 2. The quantitative estimate of drug-likeness (QED) is 0.381. The van der Waals surface area contributed by atoms with Crippen molar-refractivity contribution in [3.05, 3.63) is 47.4 Å². The molecule has 0 bridgehead atoms. The lowest BCUT2D eigenvalue weighted by atomic mass is 9.91. The Morgan fingerprint density at radius 1 is 1.11 bits per heavy atom. The Balaban J connectivity index is 1.49. The largest absolute Gasteiger partial charge is 0.351 e. The summed E-state index contributed by atoms with van der Waals surface area (Å²) in [4.78, 5) is 16.1. The number of fused-ring (bicyclic) bond motifs is 1. The van der Waals surface area contributed by atoms with Gasteiger partial charge < -0.3 is 10.2 Å². The second-order valence-corrected chi connectivity index (χ2v) is 13.4. The van der Waals surface area contributed by atoms with Crippen molar-refractivity contribution in [1.29, 1.82) is 0 Å². The average molecular weight is 546 g/mol. The predicted octanol–water partition coefficient (Wildman–Crippen LogP) is 5.48. The van der Waals surface area contributed by atoms with Crippen molar-refractivity contribution in [2.75, 3.05) is 25.2 Å². The standard InChI is InChI=1S/C28H37F2N5O2S/c1-18-14-24(19-6-7-20(23(29)15-19)17-38(36,37)13-12-28(2,3)30)33-25-16-31-27(34-26(18)25)32-21-8-10-22(11-9-21)35(4)5/h6-7,14-16,21-22H,8-13,17H2,1-5H3,(H,31,32,34). The predicted molar refractivity (Wildman–Crippen MR) is 148 cm³/mol. The molecule has 0 saturated heterocycles. The van der Waals surface area contributed by atoms with E-state index < -0.39 is 27.1 Å². The van der Waals surface area contributed by atoms with E-state index in [1.165, 1.54) is 26.0 Å². The third kappa shape index (κ3) is 7.22. The zero-order valence-electron chi connectivity index (χ0n) is 22.8. The van der Waals surface area contributed by atoms with Crippen LogP contribution in [-0.2, 0) is 15.6 Å². The van der Waals surface area contributed by atoms with Crippen molar-refractivity contribution in [2.24, 2.45) is 0 Å². The van der Waals surface area contributed by atoms with Gasteiger partial charge >= 0.3 is 0 Å². The molecule has 0 atom stereocenters. The number of nitrogens with one attached hydrogen (secondary N) is 1. The lowest BCUT2D eigenvalue weighted by Crippen LogP contribution is -2.36. The van der Waals surface area contributed by atoms with Crippen molar-refractivity contribution in [1.82, 2.24) is 19.9 Å². The number of nitrogens with zero attached hydrogens (tertiary/aromatic N) is 4. The molecule has 38 heavy (non-hydrogen) atoms. The maximum absolute atomic E-state index is 14.9. The molecular formula is C28H37F2N5O2S. The molecule has 1 aliphatic carbocycles. The maximum Gasteiger partial charge on any atom is 0.223 e. The Morgan fingerprint density at radius 2 is 1.82 bits per heavy atom. The molecule has 2 heterocycles. The highest BCUT2D eigenvalue weighted by molar-refractivity contribution is 7.90. The lowest BCUT2D eigenvalue weighted by Gasteiger charge is -2.32. The molecule has 4 rings (SSSR count). The molecule has 1 fully saturated rings. The van der Waals surface area contributed by atoms with Gasteiger partial charge in [0, 0.05) is 23.2 Å². The first-order chi connectivity index (χ1) is 17.8. The molecule has 0 aliphatic heterocycles. The number of alkyl halides is 1. The topological polar surface area (TPSA) is 88.1 Å². The summed E-state index contributed by atoms with van der Waals surface area (Å²) in [7, 11) is 0.604. The zero-order chi connectivity index (χ0) is 27.7. The van der Waals surface area contributed by atoms with Crippen LogP contribution in [-0.4, -0.2) is 65.9 Å². The number of anilines is 1. The number of hydrogen-bond donors (Lipinski definition) is 1. The van der Waals surface area contributed by atoms with Crippen molar-refractivity contribution in [2.45, 2.75) is 76.4 Å². The van der Waals surface area contributed by atoms with Crippen LogP contribution in [0.1, 0.15) is 57.1 Å². The summed E-state index contributed by atoms with van der Waals surface area (Å²) in [5.41, 5.74) is 1.75. The van der Waals surface area contributed by atoms with Gasteiger partial charge in [0.15, 0.2) is 9.84 Å². The SMILES string of the molecule is Cc1cc(-c2ccc(CS(=O)(=O)CCC(C)(C)F)c(F)c2)nc2cnc(NC3CCC(N(C)C)CC3)nc12. The number of benzene rings is 1. The van der Waals surface area contributed by atoms with Crippen LogP contribution in [0.25, 0.3) is 22.3 Å². The third-order valence-corrected chi connectivity index (χ3v) is 8.81. The second-order valence-electron chi connectivity index (χ2n) is 11.2. The molecule has 1 aromatic carbocycles. The van der Waals surface area contributed by atoms with Crippen LogP contribution in [0.3, 0.4) is 0 Å². The molecular weight excluding hydrogens is 508 g/mol. The summed E-state index contributed by atoms with van der Waals surface area (Å²) in [6.07, 6.45) is 5.95. The first kappa shape index (κ1) is 28.3. The zero-order valence-corrected chi connectivity index (χ0v) is 23.6. The van der Waals surface area contributed by atoms with Gasteiger partial charge in [0.25, 0.3) is 0 Å². The molecule has 206 valence electrons. The minimum absolute atomic E-state index is 0.0570. The number of aromatic nitrogens is 3. The highest BCUT2D eigenvalue weighted by atomic mass is 32.2. The van der Waals surface area contributed by atoms with Crippen LogP contribution >= 0.6 is 0 Å². The Morgan fingerprint density at radius 3 is 2.45 bits per heavy atom. The number of pyridine rings is 1. The van der Waals surface area contributed by atoms with Crippen molar-refractivity contribution in [3.63, 3.8) is 0 Å². The van der Waals surface area contributed by atoms with Gasteiger partial charge in [0.1, 0.15) is 17.0 Å². The van der Waals surface area contributed by atoms with Crippen LogP contribution < -0.4 is 5.32 Å². The van der Waals surface area contributed by atoms with E-state index in [0.29, 0.717) is 34.8 Å². The fourth-order valence-corrected chi connectivity index (χ4v) is 6.50. The molecule has 0 spiro atoms. The van der Waals surface area contributed by atoms with Crippen molar-refractivity contribution >= 4 is 26.8 Å². The van der Waals surface area contributed by atoms with Gasteiger partial charge in [-0.2, -0.15) is 0 Å². The van der Waals surface area contributed by atoms with Gasteiger partial charge in [0.05, 0.1) is 28.9 Å². The van der Waals surface area contributed by atoms with E-state index in [0.717, 1.165) is 36.8 Å². The fraction of sp³-hybridized carbons (Fsp3) is 0.536. The lowest BCUT2D eigenvalue weighted by molar-refractivity contribution is 0.211. The monoisotopic (exact) mass is 545 g/mol. The van der Waals surface area contributed by atoms with Gasteiger partial charge in [-0.25, -0.2) is 32.2 Å². The van der Waals surface area contributed by atoms with E-state index in [-0.39, 0.29) is 17.7 Å². The van der Waals surface area contributed by atoms with Crippen LogP contribution in [0.15, 0.2) is 30.5 Å². The summed E-state index contributed by atoms with van der Waals surface area (Å²) in [5.74, 6) is -0.863. The van der Waals surface area contributed by atoms with Crippen molar-refractivity contribution in [3.8, 4) is 11.3 Å². The first-order valence-electron chi connectivity index (χ1n) is 13.1. The van der Waals surface area contributed by atoms with E-state index in [1.54, 1.807) is 12.3 Å². The number of rotatable bonds is 9. The molecule has 1 aliphatic rings. The number of sulfone groups is 1. The maximum atomic E-state index is 14.9. The summed E-state index contributed by atoms with van der Waals surface area (Å²) >= 11 is 0. The Kier molecular flexibility index (Phi) is 8.32. The Hall–Kier alpha value is -2.72. The van der Waals surface area contributed by atoms with Gasteiger partial charge in [-0.3, -0.25) is 0 Å². The van der Waals surface area contributed by atoms with E-state index >= 15 is 0 Å². The number of aryl methyl sites for hydroxylation is 1. The normalized spacial score (nSPS) is 18.7. The van der Waals surface area contributed by atoms with Gasteiger partial charge in [0.2, 0.25) is 5.95 Å². The molecule has 1 saturated carbocycles. The second kappa shape index (κ2) is 11.2. The first-order valence-corrected chi connectivity index (χ1v) is 14.9.